The fourth-order valence-corrected chi connectivity index (χ4v) is 2.58. The van der Waals surface area contributed by atoms with Gasteiger partial charge < -0.3 is 10.8 Å². The van der Waals surface area contributed by atoms with Crippen molar-refractivity contribution in [1.29, 1.82) is 0 Å². The Morgan fingerprint density at radius 2 is 2.20 bits per heavy atom. The summed E-state index contributed by atoms with van der Waals surface area (Å²) in [5.41, 5.74) is 4.89. The summed E-state index contributed by atoms with van der Waals surface area (Å²) in [6.45, 7) is 3.58. The highest BCUT2D eigenvalue weighted by Gasteiger charge is 2.42. The van der Waals surface area contributed by atoms with Crippen molar-refractivity contribution in [3.05, 3.63) is 0 Å². The van der Waals surface area contributed by atoms with Crippen LogP contribution in [0.2, 0.25) is 0 Å². The van der Waals surface area contributed by atoms with Gasteiger partial charge >= 0.3 is 0 Å². The molecule has 1 saturated heterocycles. The Bertz CT molecular complexity index is 124. The largest absolute Gasteiger partial charge is 0.389 e. The first-order valence-electron chi connectivity index (χ1n) is 3.55. The van der Waals surface area contributed by atoms with Crippen LogP contribution in [0.25, 0.3) is 0 Å². The van der Waals surface area contributed by atoms with Crippen molar-refractivity contribution in [2.75, 3.05) is 11.5 Å². The minimum absolute atomic E-state index is 0.350. The van der Waals surface area contributed by atoms with Crippen LogP contribution in [-0.4, -0.2) is 27.8 Å². The molecule has 0 spiro atoms. The molecule has 1 fully saturated rings. The van der Waals surface area contributed by atoms with Crippen LogP contribution in [0, 0.1) is 0 Å². The van der Waals surface area contributed by atoms with Crippen molar-refractivity contribution < 1.29 is 5.11 Å². The summed E-state index contributed by atoms with van der Waals surface area (Å²) >= 11 is 1.82. The molecule has 1 unspecified atom stereocenters. The summed E-state index contributed by atoms with van der Waals surface area (Å²) in [7, 11) is 0. The molecule has 0 radical (unpaired) electrons. The van der Waals surface area contributed by atoms with Crippen LogP contribution in [0.3, 0.4) is 0 Å². The van der Waals surface area contributed by atoms with E-state index in [4.69, 9.17) is 5.73 Å². The minimum atomic E-state index is -0.726. The van der Waals surface area contributed by atoms with Crippen molar-refractivity contribution in [3.8, 4) is 0 Å². The molecule has 0 amide bonds. The first-order chi connectivity index (χ1) is 4.46. The zero-order chi connectivity index (χ0) is 7.83. The lowest BCUT2D eigenvalue weighted by Crippen LogP contribution is -2.57. The second-order valence-corrected chi connectivity index (χ2v) is 4.62. The van der Waals surface area contributed by atoms with Gasteiger partial charge in [-0.05, 0) is 26.0 Å². The van der Waals surface area contributed by atoms with Crippen LogP contribution in [0.1, 0.15) is 20.3 Å². The molecule has 60 valence electrons. The van der Waals surface area contributed by atoms with Gasteiger partial charge in [0.2, 0.25) is 0 Å². The maximum Gasteiger partial charge on any atom is 0.0778 e. The van der Waals surface area contributed by atoms with Gasteiger partial charge in [0.1, 0.15) is 0 Å². The molecule has 1 atom stereocenters. The highest BCUT2D eigenvalue weighted by atomic mass is 32.2. The quantitative estimate of drug-likeness (QED) is 0.592. The van der Waals surface area contributed by atoms with Crippen LogP contribution in [0.5, 0.6) is 0 Å². The van der Waals surface area contributed by atoms with Crippen molar-refractivity contribution >= 4 is 11.8 Å². The van der Waals surface area contributed by atoms with E-state index in [1.807, 2.05) is 11.8 Å². The van der Waals surface area contributed by atoms with E-state index in [2.05, 4.69) is 0 Å². The predicted octanol–water partition coefficient (Wildman–Crippen LogP) is 0.592. The average molecular weight is 161 g/mol. The van der Waals surface area contributed by atoms with Crippen LogP contribution >= 0.6 is 11.8 Å². The second-order valence-electron chi connectivity index (χ2n) is 3.52. The molecule has 1 aliphatic rings. The highest BCUT2D eigenvalue weighted by Crippen LogP contribution is 2.33. The number of nitrogens with two attached hydrogens (primary N) is 1. The van der Waals surface area contributed by atoms with Gasteiger partial charge in [-0.25, -0.2) is 0 Å². The van der Waals surface area contributed by atoms with Gasteiger partial charge in [0, 0.05) is 5.75 Å². The van der Waals surface area contributed by atoms with E-state index in [0.717, 1.165) is 17.9 Å². The molecule has 2 nitrogen and oxygen atoms in total. The topological polar surface area (TPSA) is 46.2 Å². The molecule has 10 heavy (non-hydrogen) atoms. The molecular formula is C7H15NOS. The molecule has 1 aliphatic heterocycles. The first kappa shape index (κ1) is 8.37. The van der Waals surface area contributed by atoms with Gasteiger partial charge in [0.25, 0.3) is 0 Å². The average Bonchev–Trinajstić information content (AvgIpc) is 2.13. The van der Waals surface area contributed by atoms with E-state index in [1.165, 1.54) is 0 Å². The number of hydrogen-bond donors (Lipinski definition) is 2. The smallest absolute Gasteiger partial charge is 0.0778 e. The summed E-state index contributed by atoms with van der Waals surface area (Å²) in [5, 5.41) is 9.64. The van der Waals surface area contributed by atoms with Gasteiger partial charge in [-0.2, -0.15) is 11.8 Å². The second kappa shape index (κ2) is 2.40. The highest BCUT2D eigenvalue weighted by molar-refractivity contribution is 7.99. The minimum Gasteiger partial charge on any atom is -0.389 e. The summed E-state index contributed by atoms with van der Waals surface area (Å²) in [4.78, 5) is 0. The molecular weight excluding hydrogens is 146 g/mol. The van der Waals surface area contributed by atoms with Crippen LogP contribution in [0.15, 0.2) is 0 Å². The fraction of sp³-hybridized carbons (Fsp3) is 1.00. The van der Waals surface area contributed by atoms with Crippen molar-refractivity contribution in [3.63, 3.8) is 0 Å². The van der Waals surface area contributed by atoms with Gasteiger partial charge in [-0.1, -0.05) is 0 Å². The summed E-state index contributed by atoms with van der Waals surface area (Å²) in [6, 6.07) is 0. The Morgan fingerprint density at radius 3 is 2.40 bits per heavy atom. The van der Waals surface area contributed by atoms with Gasteiger partial charge in [-0.15, -0.1) is 0 Å². The SMILES string of the molecule is CC(C)(O)C1(N)CCSC1. The molecule has 1 rings (SSSR count). The molecule has 0 aromatic carbocycles. The summed E-state index contributed by atoms with van der Waals surface area (Å²) in [6.07, 6.45) is 0.932. The van der Waals surface area contributed by atoms with E-state index in [-0.39, 0.29) is 5.54 Å². The first-order valence-corrected chi connectivity index (χ1v) is 4.70. The van der Waals surface area contributed by atoms with E-state index >= 15 is 0 Å². The summed E-state index contributed by atoms with van der Waals surface area (Å²) < 4.78 is 0. The van der Waals surface area contributed by atoms with Crippen molar-refractivity contribution in [1.82, 2.24) is 0 Å². The lowest BCUT2D eigenvalue weighted by molar-refractivity contribution is 0.00949. The lowest BCUT2D eigenvalue weighted by Gasteiger charge is -2.35. The number of hydrogen-bond acceptors (Lipinski definition) is 3. The normalized spacial score (nSPS) is 34.8. The molecule has 0 saturated carbocycles. The molecule has 0 aromatic heterocycles. The van der Waals surface area contributed by atoms with Gasteiger partial charge in [0.05, 0.1) is 11.1 Å². The third-order valence-electron chi connectivity index (χ3n) is 2.27. The van der Waals surface area contributed by atoms with Crippen LogP contribution < -0.4 is 5.73 Å². The summed E-state index contributed by atoms with van der Waals surface area (Å²) in [5.74, 6) is 1.97. The molecule has 0 aromatic rings. The van der Waals surface area contributed by atoms with Crippen LogP contribution in [-0.2, 0) is 0 Å². The Hall–Kier alpha value is 0.270. The molecule has 0 bridgehead atoms. The monoisotopic (exact) mass is 161 g/mol. The van der Waals surface area contributed by atoms with E-state index in [1.54, 1.807) is 13.8 Å². The van der Waals surface area contributed by atoms with Crippen LogP contribution in [0.4, 0.5) is 0 Å². The van der Waals surface area contributed by atoms with E-state index in [0.29, 0.717) is 0 Å². The number of aliphatic hydroxyl groups is 1. The lowest BCUT2D eigenvalue weighted by atomic mass is 9.83. The van der Waals surface area contributed by atoms with E-state index in [9.17, 15) is 5.11 Å². The Kier molecular flexibility index (Phi) is 2.00. The standard InChI is InChI=1S/C7H15NOS/c1-6(2,9)7(8)3-4-10-5-7/h9H,3-5,8H2,1-2H3. The van der Waals surface area contributed by atoms with Gasteiger partial charge in [0.15, 0.2) is 0 Å². The third-order valence-corrected chi connectivity index (χ3v) is 3.48. The van der Waals surface area contributed by atoms with Gasteiger partial charge in [-0.3, -0.25) is 0 Å². The Labute approximate surface area is 66.2 Å². The Morgan fingerprint density at radius 1 is 1.60 bits per heavy atom. The third kappa shape index (κ3) is 1.31. The zero-order valence-corrected chi connectivity index (χ0v) is 7.37. The molecule has 1 heterocycles. The van der Waals surface area contributed by atoms with E-state index < -0.39 is 5.60 Å². The zero-order valence-electron chi connectivity index (χ0n) is 6.55. The van der Waals surface area contributed by atoms with Crippen molar-refractivity contribution in [2.45, 2.75) is 31.4 Å². The predicted molar refractivity (Wildman–Crippen MR) is 45.2 cm³/mol. The molecule has 3 heteroatoms. The molecule has 3 N–H and O–H groups in total. The fourth-order valence-electron chi connectivity index (χ4n) is 1.06. The maximum atomic E-state index is 9.64. The maximum absolute atomic E-state index is 9.64. The number of rotatable bonds is 1. The number of thioether (sulfide) groups is 1. The Balaban J connectivity index is 2.67. The molecule has 0 aliphatic carbocycles. The van der Waals surface area contributed by atoms with Crippen molar-refractivity contribution in [2.24, 2.45) is 5.73 Å².